The van der Waals surface area contributed by atoms with E-state index in [-0.39, 0.29) is 11.5 Å². The molecule has 0 bridgehead atoms. The minimum atomic E-state index is -0.733. The summed E-state index contributed by atoms with van der Waals surface area (Å²) in [4.78, 5) is 24.7. The zero-order chi connectivity index (χ0) is 18.0. The van der Waals surface area contributed by atoms with Crippen LogP contribution in [0.25, 0.3) is 0 Å². The predicted octanol–water partition coefficient (Wildman–Crippen LogP) is 2.34. The first-order valence-electron chi connectivity index (χ1n) is 8.15. The Morgan fingerprint density at radius 3 is 2.40 bits per heavy atom. The van der Waals surface area contributed by atoms with Gasteiger partial charge in [0.05, 0.1) is 19.9 Å². The van der Waals surface area contributed by atoms with E-state index in [1.807, 2.05) is 0 Å². The van der Waals surface area contributed by atoms with Gasteiger partial charge in [-0.05, 0) is 25.8 Å². The molecule has 0 spiro atoms. The van der Waals surface area contributed by atoms with E-state index in [2.05, 4.69) is 10.4 Å². The van der Waals surface area contributed by atoms with Crippen molar-refractivity contribution in [3.63, 3.8) is 0 Å². The zero-order valence-electron chi connectivity index (χ0n) is 14.5. The monoisotopic (exact) mass is 343 g/mol. The standard InChI is InChI=1S/C18H21N3O4/c1-11(21-17(22)7-6-16(20-21)12-4-5-12)18(23)19-13-8-14(24-2)10-15(9-13)25-3/h6-12H,4-5H2,1-3H3,(H,19,23). The highest BCUT2D eigenvalue weighted by Crippen LogP contribution is 2.38. The highest BCUT2D eigenvalue weighted by Gasteiger charge is 2.27. The number of benzene rings is 1. The van der Waals surface area contributed by atoms with Gasteiger partial charge in [0.2, 0.25) is 5.91 Å². The third-order valence-electron chi connectivity index (χ3n) is 4.21. The maximum atomic E-state index is 12.6. The summed E-state index contributed by atoms with van der Waals surface area (Å²) >= 11 is 0. The van der Waals surface area contributed by atoms with Crippen molar-refractivity contribution in [2.45, 2.75) is 31.7 Å². The summed E-state index contributed by atoms with van der Waals surface area (Å²) in [6, 6.07) is 7.56. The van der Waals surface area contributed by atoms with Crippen molar-refractivity contribution in [1.82, 2.24) is 9.78 Å². The van der Waals surface area contributed by atoms with Crippen LogP contribution >= 0.6 is 0 Å². The number of amides is 1. The minimum absolute atomic E-state index is 0.296. The molecule has 0 aliphatic heterocycles. The molecule has 1 atom stereocenters. The van der Waals surface area contributed by atoms with Crippen LogP contribution in [0.5, 0.6) is 11.5 Å². The minimum Gasteiger partial charge on any atom is -0.497 e. The van der Waals surface area contributed by atoms with Crippen LogP contribution in [0.1, 0.15) is 37.4 Å². The third-order valence-corrected chi connectivity index (χ3v) is 4.21. The summed E-state index contributed by atoms with van der Waals surface area (Å²) in [5.41, 5.74) is 1.09. The largest absolute Gasteiger partial charge is 0.497 e. The molecule has 1 aromatic carbocycles. The fraction of sp³-hybridized carbons (Fsp3) is 0.389. The van der Waals surface area contributed by atoms with Crippen molar-refractivity contribution in [3.8, 4) is 11.5 Å². The van der Waals surface area contributed by atoms with Gasteiger partial charge in [-0.15, -0.1) is 0 Å². The average molecular weight is 343 g/mol. The number of hydrogen-bond acceptors (Lipinski definition) is 5. The van der Waals surface area contributed by atoms with Gasteiger partial charge >= 0.3 is 0 Å². The van der Waals surface area contributed by atoms with Crippen LogP contribution in [0.15, 0.2) is 35.1 Å². The topological polar surface area (TPSA) is 82.5 Å². The first kappa shape index (κ1) is 17.0. The molecule has 0 saturated heterocycles. The fourth-order valence-corrected chi connectivity index (χ4v) is 2.55. The van der Waals surface area contributed by atoms with Gasteiger partial charge in [0.15, 0.2) is 0 Å². The molecule has 25 heavy (non-hydrogen) atoms. The van der Waals surface area contributed by atoms with E-state index in [1.165, 1.54) is 25.0 Å². The summed E-state index contributed by atoms with van der Waals surface area (Å²) in [6.07, 6.45) is 2.16. The molecule has 1 fully saturated rings. The quantitative estimate of drug-likeness (QED) is 0.870. The molecule has 1 aliphatic rings. The molecule has 1 amide bonds. The summed E-state index contributed by atoms with van der Waals surface area (Å²) in [7, 11) is 3.08. The van der Waals surface area contributed by atoms with Gasteiger partial charge in [0, 0.05) is 35.9 Å². The Balaban J connectivity index is 1.81. The fourth-order valence-electron chi connectivity index (χ4n) is 2.55. The third kappa shape index (κ3) is 3.81. The van der Waals surface area contributed by atoms with Gasteiger partial charge < -0.3 is 14.8 Å². The van der Waals surface area contributed by atoms with Crippen LogP contribution in [0.3, 0.4) is 0 Å². The number of nitrogens with one attached hydrogen (secondary N) is 1. The molecule has 132 valence electrons. The summed E-state index contributed by atoms with van der Waals surface area (Å²) in [6.45, 7) is 1.65. The molecule has 1 unspecified atom stereocenters. The number of ether oxygens (including phenoxy) is 2. The molecule has 1 aromatic heterocycles. The number of carbonyl (C=O) groups excluding carboxylic acids is 1. The lowest BCUT2D eigenvalue weighted by Gasteiger charge is -2.16. The lowest BCUT2D eigenvalue weighted by Crippen LogP contribution is -2.33. The Kier molecular flexibility index (Phi) is 4.74. The van der Waals surface area contributed by atoms with Crippen molar-refractivity contribution >= 4 is 11.6 Å². The second-order valence-electron chi connectivity index (χ2n) is 6.08. The SMILES string of the molecule is COc1cc(NC(=O)C(C)n2nc(C3CC3)ccc2=O)cc(OC)c1. The van der Waals surface area contributed by atoms with E-state index < -0.39 is 6.04 Å². The summed E-state index contributed by atoms with van der Waals surface area (Å²) in [5, 5.41) is 7.14. The summed E-state index contributed by atoms with van der Waals surface area (Å²) in [5.74, 6) is 1.20. The Labute approximate surface area is 145 Å². The maximum absolute atomic E-state index is 12.6. The van der Waals surface area contributed by atoms with E-state index in [4.69, 9.17) is 9.47 Å². The second kappa shape index (κ2) is 6.96. The Morgan fingerprint density at radius 2 is 1.84 bits per heavy atom. The molecule has 2 aromatic rings. The number of aromatic nitrogens is 2. The van der Waals surface area contributed by atoms with Crippen LogP contribution in [0.4, 0.5) is 5.69 Å². The van der Waals surface area contributed by atoms with E-state index in [1.54, 1.807) is 31.2 Å². The van der Waals surface area contributed by atoms with Crippen LogP contribution < -0.4 is 20.3 Å². The van der Waals surface area contributed by atoms with Crippen molar-refractivity contribution in [1.29, 1.82) is 0 Å². The smallest absolute Gasteiger partial charge is 0.267 e. The van der Waals surface area contributed by atoms with Crippen molar-refractivity contribution < 1.29 is 14.3 Å². The lowest BCUT2D eigenvalue weighted by atomic mass is 10.2. The van der Waals surface area contributed by atoms with E-state index in [9.17, 15) is 9.59 Å². The number of carbonyl (C=O) groups is 1. The van der Waals surface area contributed by atoms with Crippen LogP contribution in [0.2, 0.25) is 0 Å². The predicted molar refractivity (Wildman–Crippen MR) is 93.4 cm³/mol. The van der Waals surface area contributed by atoms with Crippen LogP contribution in [0, 0.1) is 0 Å². The zero-order valence-corrected chi connectivity index (χ0v) is 14.5. The lowest BCUT2D eigenvalue weighted by molar-refractivity contribution is -0.119. The Bertz CT molecular complexity index is 820. The molecule has 1 heterocycles. The number of rotatable bonds is 6. The van der Waals surface area contributed by atoms with Gasteiger partial charge in [-0.1, -0.05) is 0 Å². The van der Waals surface area contributed by atoms with Gasteiger partial charge in [-0.2, -0.15) is 5.10 Å². The highest BCUT2D eigenvalue weighted by molar-refractivity contribution is 5.93. The molecular weight excluding hydrogens is 322 g/mol. The molecule has 1 aliphatic carbocycles. The number of nitrogens with zero attached hydrogens (tertiary/aromatic N) is 2. The first-order valence-corrected chi connectivity index (χ1v) is 8.15. The molecule has 1 N–H and O–H groups in total. The molecular formula is C18H21N3O4. The number of methoxy groups -OCH3 is 2. The molecule has 7 heteroatoms. The van der Waals surface area contributed by atoms with Crippen LogP contribution in [-0.2, 0) is 4.79 Å². The first-order chi connectivity index (χ1) is 12.0. The maximum Gasteiger partial charge on any atom is 0.267 e. The van der Waals surface area contributed by atoms with Gasteiger partial charge in [0.25, 0.3) is 5.56 Å². The van der Waals surface area contributed by atoms with Crippen LogP contribution in [-0.4, -0.2) is 29.9 Å². The molecule has 1 saturated carbocycles. The normalized spacial score (nSPS) is 14.7. The molecule has 3 rings (SSSR count). The van der Waals surface area contributed by atoms with E-state index in [0.29, 0.717) is 23.1 Å². The van der Waals surface area contributed by atoms with Crippen molar-refractivity contribution in [2.75, 3.05) is 19.5 Å². The van der Waals surface area contributed by atoms with Gasteiger partial charge in [0.1, 0.15) is 17.5 Å². The van der Waals surface area contributed by atoms with Gasteiger partial charge in [-0.3, -0.25) is 9.59 Å². The highest BCUT2D eigenvalue weighted by atomic mass is 16.5. The number of anilines is 1. The second-order valence-corrected chi connectivity index (χ2v) is 6.08. The van der Waals surface area contributed by atoms with E-state index in [0.717, 1.165) is 18.5 Å². The number of hydrogen-bond donors (Lipinski definition) is 1. The molecule has 0 radical (unpaired) electrons. The Hall–Kier alpha value is -2.83. The van der Waals surface area contributed by atoms with Gasteiger partial charge in [-0.25, -0.2) is 4.68 Å². The van der Waals surface area contributed by atoms with Crippen molar-refractivity contribution in [3.05, 3.63) is 46.4 Å². The Morgan fingerprint density at radius 1 is 1.20 bits per heavy atom. The van der Waals surface area contributed by atoms with E-state index >= 15 is 0 Å². The average Bonchev–Trinajstić information content (AvgIpc) is 3.46. The summed E-state index contributed by atoms with van der Waals surface area (Å²) < 4.78 is 11.6. The van der Waals surface area contributed by atoms with Crippen molar-refractivity contribution in [2.24, 2.45) is 0 Å². The molecule has 7 nitrogen and oxygen atoms in total.